The van der Waals surface area contributed by atoms with E-state index in [0.29, 0.717) is 11.4 Å². The van der Waals surface area contributed by atoms with E-state index in [1.807, 2.05) is 0 Å². The van der Waals surface area contributed by atoms with E-state index < -0.39 is 0 Å². The smallest absolute Gasteiger partial charge is 0.294 e. The predicted octanol–water partition coefficient (Wildman–Crippen LogP) is 2.43. The molecule has 90 valence electrons. The Morgan fingerprint density at radius 1 is 1.69 bits per heavy atom. The number of H-pyrrole nitrogens is 1. The first-order valence-corrected chi connectivity index (χ1v) is 6.29. The summed E-state index contributed by atoms with van der Waals surface area (Å²) >= 11 is 4.88. The monoisotopic (exact) mass is 241 g/mol. The van der Waals surface area contributed by atoms with Gasteiger partial charge in [-0.3, -0.25) is 4.98 Å². The summed E-state index contributed by atoms with van der Waals surface area (Å²) in [6.45, 7) is 3.01. The lowest BCUT2D eigenvalue weighted by atomic mass is 9.68. The van der Waals surface area contributed by atoms with Gasteiger partial charge in [0.15, 0.2) is 5.82 Å². The molecule has 1 fully saturated rings. The molecule has 1 aromatic heterocycles. The molecule has 2 unspecified atom stereocenters. The first-order valence-electron chi connectivity index (χ1n) is 5.88. The lowest BCUT2D eigenvalue weighted by Gasteiger charge is -2.38. The second kappa shape index (κ2) is 4.67. The van der Waals surface area contributed by atoms with Gasteiger partial charge in [0.25, 0.3) is 4.84 Å². The minimum atomic E-state index is 0.187. The van der Waals surface area contributed by atoms with Gasteiger partial charge in [0.1, 0.15) is 0 Å². The molecular formula is C11H19N3OS. The molecule has 1 aliphatic rings. The van der Waals surface area contributed by atoms with Crippen LogP contribution in [0.15, 0.2) is 4.52 Å². The van der Waals surface area contributed by atoms with Crippen LogP contribution in [0.1, 0.15) is 38.4 Å². The van der Waals surface area contributed by atoms with Crippen molar-refractivity contribution < 1.29 is 4.52 Å². The van der Waals surface area contributed by atoms with Crippen LogP contribution in [0.25, 0.3) is 0 Å². The van der Waals surface area contributed by atoms with Gasteiger partial charge in [-0.15, -0.1) is 0 Å². The van der Waals surface area contributed by atoms with Crippen LogP contribution in [0.2, 0.25) is 0 Å². The summed E-state index contributed by atoms with van der Waals surface area (Å²) in [5.41, 5.74) is 6.14. The molecule has 5 heteroatoms. The number of rotatable bonds is 3. The average Bonchev–Trinajstić information content (AvgIpc) is 2.64. The van der Waals surface area contributed by atoms with Gasteiger partial charge in [0.2, 0.25) is 0 Å². The van der Waals surface area contributed by atoms with Gasteiger partial charge < -0.3 is 10.3 Å². The zero-order valence-electron chi connectivity index (χ0n) is 9.66. The van der Waals surface area contributed by atoms with Crippen molar-refractivity contribution in [3.05, 3.63) is 10.7 Å². The molecule has 2 rings (SSSR count). The van der Waals surface area contributed by atoms with Crippen LogP contribution >= 0.6 is 12.2 Å². The minimum absolute atomic E-state index is 0.187. The van der Waals surface area contributed by atoms with Gasteiger partial charge in [-0.05, 0) is 42.9 Å². The minimum Gasteiger partial charge on any atom is -0.330 e. The fourth-order valence-electron chi connectivity index (χ4n) is 2.88. The maximum atomic E-state index is 5.96. The van der Waals surface area contributed by atoms with Crippen LogP contribution in [-0.4, -0.2) is 16.7 Å². The highest BCUT2D eigenvalue weighted by Crippen LogP contribution is 2.40. The van der Waals surface area contributed by atoms with Crippen LogP contribution in [-0.2, 0) is 6.42 Å². The Labute approximate surface area is 101 Å². The van der Waals surface area contributed by atoms with Gasteiger partial charge in [-0.25, -0.2) is 0 Å². The molecule has 0 spiro atoms. The van der Waals surface area contributed by atoms with Crippen LogP contribution < -0.4 is 5.73 Å². The van der Waals surface area contributed by atoms with E-state index in [-0.39, 0.29) is 5.41 Å². The molecule has 2 atom stereocenters. The number of nitrogens with two attached hydrogens (primary N) is 1. The molecule has 0 aromatic carbocycles. The van der Waals surface area contributed by atoms with Crippen LogP contribution in [0, 0.1) is 16.2 Å². The third-order valence-corrected chi connectivity index (χ3v) is 3.82. The molecule has 3 N–H and O–H groups in total. The number of hydrogen-bond acceptors (Lipinski definition) is 4. The average molecular weight is 241 g/mol. The van der Waals surface area contributed by atoms with E-state index >= 15 is 0 Å². The summed E-state index contributed by atoms with van der Waals surface area (Å²) in [4.78, 5) is 3.33. The van der Waals surface area contributed by atoms with Crippen LogP contribution in [0.3, 0.4) is 0 Å². The van der Waals surface area contributed by atoms with Crippen molar-refractivity contribution in [2.45, 2.75) is 39.0 Å². The lowest BCUT2D eigenvalue weighted by Crippen LogP contribution is -2.37. The summed E-state index contributed by atoms with van der Waals surface area (Å²) < 4.78 is 4.89. The number of nitrogens with one attached hydrogen (secondary N) is 1. The van der Waals surface area contributed by atoms with E-state index in [1.165, 1.54) is 25.7 Å². The summed E-state index contributed by atoms with van der Waals surface area (Å²) in [6, 6.07) is 0. The summed E-state index contributed by atoms with van der Waals surface area (Å²) in [7, 11) is 0. The predicted molar refractivity (Wildman–Crippen MR) is 64.5 cm³/mol. The number of aromatic amines is 1. The first-order chi connectivity index (χ1) is 7.63. The maximum Gasteiger partial charge on any atom is 0.294 e. The Hall–Kier alpha value is -0.680. The Morgan fingerprint density at radius 2 is 2.50 bits per heavy atom. The first kappa shape index (κ1) is 11.8. The molecule has 16 heavy (non-hydrogen) atoms. The molecular weight excluding hydrogens is 222 g/mol. The normalized spacial score (nSPS) is 30.5. The fraction of sp³-hybridized carbons (Fsp3) is 0.818. The van der Waals surface area contributed by atoms with Gasteiger partial charge in [-0.1, -0.05) is 24.9 Å². The highest BCUT2D eigenvalue weighted by Gasteiger charge is 2.34. The number of nitrogens with zero attached hydrogens (tertiary/aromatic N) is 1. The molecule has 1 aliphatic carbocycles. The van der Waals surface area contributed by atoms with Gasteiger partial charge >= 0.3 is 0 Å². The van der Waals surface area contributed by atoms with E-state index in [9.17, 15) is 0 Å². The Kier molecular flexibility index (Phi) is 3.44. The number of aromatic nitrogens is 2. The lowest BCUT2D eigenvalue weighted by molar-refractivity contribution is 0.150. The van der Waals surface area contributed by atoms with E-state index in [0.717, 1.165) is 18.2 Å². The summed E-state index contributed by atoms with van der Waals surface area (Å²) in [5.74, 6) is 1.59. The molecule has 1 heterocycles. The third-order valence-electron chi connectivity index (χ3n) is 3.65. The highest BCUT2D eigenvalue weighted by atomic mass is 32.1. The Bertz CT molecular complexity index is 400. The van der Waals surface area contributed by atoms with E-state index in [2.05, 4.69) is 17.1 Å². The summed E-state index contributed by atoms with van der Waals surface area (Å²) in [6.07, 6.45) is 5.79. The molecule has 1 aromatic rings. The Balaban J connectivity index is 2.12. The van der Waals surface area contributed by atoms with E-state index in [1.54, 1.807) is 0 Å². The van der Waals surface area contributed by atoms with Crippen molar-refractivity contribution in [1.29, 1.82) is 0 Å². The highest BCUT2D eigenvalue weighted by molar-refractivity contribution is 7.71. The van der Waals surface area contributed by atoms with Crippen molar-refractivity contribution in [1.82, 2.24) is 10.1 Å². The van der Waals surface area contributed by atoms with E-state index in [4.69, 9.17) is 22.5 Å². The molecule has 1 saturated carbocycles. The fourth-order valence-corrected chi connectivity index (χ4v) is 3.03. The quantitative estimate of drug-likeness (QED) is 0.798. The van der Waals surface area contributed by atoms with Crippen molar-refractivity contribution in [3.63, 3.8) is 0 Å². The SMILES string of the molecule is CC1CCCC(CN)(Cc2noc(=S)[nH]2)C1. The largest absolute Gasteiger partial charge is 0.330 e. The van der Waals surface area contributed by atoms with Crippen molar-refractivity contribution in [2.75, 3.05) is 6.54 Å². The Morgan fingerprint density at radius 3 is 3.06 bits per heavy atom. The standard InChI is InChI=1S/C11H19N3OS/c1-8-3-2-4-11(5-8,7-12)6-9-13-10(16)15-14-9/h8H,2-7,12H2,1H3,(H,13,14,16). The summed E-state index contributed by atoms with van der Waals surface area (Å²) in [5, 5.41) is 3.94. The van der Waals surface area contributed by atoms with Crippen molar-refractivity contribution in [3.8, 4) is 0 Å². The molecule has 0 amide bonds. The molecule has 4 nitrogen and oxygen atoms in total. The number of hydrogen-bond donors (Lipinski definition) is 2. The van der Waals surface area contributed by atoms with Crippen LogP contribution in [0.4, 0.5) is 0 Å². The van der Waals surface area contributed by atoms with Gasteiger partial charge in [-0.2, -0.15) is 0 Å². The topological polar surface area (TPSA) is 67.8 Å². The van der Waals surface area contributed by atoms with Crippen LogP contribution in [0.5, 0.6) is 0 Å². The zero-order chi connectivity index (χ0) is 11.6. The van der Waals surface area contributed by atoms with Crippen molar-refractivity contribution in [2.24, 2.45) is 17.1 Å². The third kappa shape index (κ3) is 2.52. The van der Waals surface area contributed by atoms with Gasteiger partial charge in [0, 0.05) is 6.42 Å². The maximum absolute atomic E-state index is 5.96. The second-order valence-electron chi connectivity index (χ2n) is 5.12. The molecule has 0 saturated heterocycles. The second-order valence-corrected chi connectivity index (χ2v) is 5.49. The molecule has 0 aliphatic heterocycles. The molecule has 0 bridgehead atoms. The zero-order valence-corrected chi connectivity index (χ0v) is 10.5. The molecule has 0 radical (unpaired) electrons. The van der Waals surface area contributed by atoms with Gasteiger partial charge in [0.05, 0.1) is 0 Å². The van der Waals surface area contributed by atoms with Crippen molar-refractivity contribution >= 4 is 12.2 Å².